The Labute approximate surface area is 117 Å². The van der Waals surface area contributed by atoms with Crippen LogP contribution < -0.4 is 16.4 Å². The number of nitrogens with one attached hydrogen (secondary N) is 3. The van der Waals surface area contributed by atoms with E-state index in [2.05, 4.69) is 10.6 Å². The highest BCUT2D eigenvalue weighted by Crippen LogP contribution is 2.09. The first-order valence-corrected chi connectivity index (χ1v) is 6.18. The molecule has 0 bridgehead atoms. The van der Waals surface area contributed by atoms with Gasteiger partial charge in [0.25, 0.3) is 5.91 Å². The summed E-state index contributed by atoms with van der Waals surface area (Å²) in [4.78, 5) is 12.0. The Hall–Kier alpha value is -2.82. The van der Waals surface area contributed by atoms with Crippen molar-refractivity contribution < 1.29 is 4.79 Å². The van der Waals surface area contributed by atoms with Crippen LogP contribution in [0.3, 0.4) is 0 Å². The van der Waals surface area contributed by atoms with Crippen LogP contribution in [-0.2, 0) is 6.54 Å². The lowest BCUT2D eigenvalue weighted by molar-refractivity contribution is 0.102. The maximum Gasteiger partial charge on any atom is 0.255 e. The Kier molecular flexibility index (Phi) is 4.34. The minimum Gasteiger partial charge on any atom is -0.370 e. The molecule has 2 aromatic rings. The Morgan fingerprint density at radius 3 is 2.30 bits per heavy atom. The van der Waals surface area contributed by atoms with Crippen LogP contribution in [0.2, 0.25) is 0 Å². The molecule has 0 aliphatic carbocycles. The number of hydrogen-bond acceptors (Lipinski definition) is 2. The van der Waals surface area contributed by atoms with Crippen LogP contribution in [0.25, 0.3) is 0 Å². The third kappa shape index (κ3) is 3.84. The van der Waals surface area contributed by atoms with Gasteiger partial charge in [0.1, 0.15) is 0 Å². The van der Waals surface area contributed by atoms with Gasteiger partial charge in [0.2, 0.25) is 0 Å². The molecule has 5 N–H and O–H groups in total. The van der Waals surface area contributed by atoms with E-state index in [4.69, 9.17) is 11.1 Å². The molecule has 0 heterocycles. The summed E-state index contributed by atoms with van der Waals surface area (Å²) in [5.41, 5.74) is 7.51. The smallest absolute Gasteiger partial charge is 0.255 e. The largest absolute Gasteiger partial charge is 0.370 e. The molecule has 5 heteroatoms. The summed E-state index contributed by atoms with van der Waals surface area (Å²) in [7, 11) is 0. The summed E-state index contributed by atoms with van der Waals surface area (Å²) < 4.78 is 0. The van der Waals surface area contributed by atoms with E-state index < -0.39 is 0 Å². The van der Waals surface area contributed by atoms with E-state index in [1.807, 2.05) is 42.5 Å². The number of guanidine groups is 1. The predicted octanol–water partition coefficient (Wildman–Crippen LogP) is 1.92. The fourth-order valence-corrected chi connectivity index (χ4v) is 1.70. The first kappa shape index (κ1) is 13.6. The highest BCUT2D eigenvalue weighted by molar-refractivity contribution is 6.04. The molecular formula is C15H16N4O. The van der Waals surface area contributed by atoms with Gasteiger partial charge in [-0.15, -0.1) is 0 Å². The molecule has 0 saturated carbocycles. The third-order valence-corrected chi connectivity index (χ3v) is 2.73. The van der Waals surface area contributed by atoms with Crippen molar-refractivity contribution in [1.29, 1.82) is 5.41 Å². The van der Waals surface area contributed by atoms with Gasteiger partial charge >= 0.3 is 0 Å². The number of para-hydroxylation sites is 1. The summed E-state index contributed by atoms with van der Waals surface area (Å²) in [6.07, 6.45) is 0. The van der Waals surface area contributed by atoms with E-state index in [1.165, 1.54) is 0 Å². The van der Waals surface area contributed by atoms with Crippen molar-refractivity contribution in [3.8, 4) is 0 Å². The van der Waals surface area contributed by atoms with Crippen molar-refractivity contribution in [2.24, 2.45) is 5.73 Å². The van der Waals surface area contributed by atoms with Gasteiger partial charge in [0.05, 0.1) is 0 Å². The van der Waals surface area contributed by atoms with Crippen molar-refractivity contribution in [2.75, 3.05) is 5.32 Å². The number of rotatable bonds is 4. The van der Waals surface area contributed by atoms with E-state index in [9.17, 15) is 4.79 Å². The molecule has 0 aliphatic heterocycles. The maximum absolute atomic E-state index is 12.0. The minimum absolute atomic E-state index is 0.0732. The highest BCUT2D eigenvalue weighted by Gasteiger charge is 2.05. The summed E-state index contributed by atoms with van der Waals surface area (Å²) in [6.45, 7) is 0.468. The molecular weight excluding hydrogens is 252 g/mol. The lowest BCUT2D eigenvalue weighted by Gasteiger charge is -2.07. The molecule has 20 heavy (non-hydrogen) atoms. The van der Waals surface area contributed by atoms with E-state index in [0.717, 1.165) is 11.3 Å². The van der Waals surface area contributed by atoms with E-state index in [1.54, 1.807) is 12.1 Å². The number of carbonyl (C=O) groups is 1. The average Bonchev–Trinajstić information content (AvgIpc) is 2.46. The Balaban J connectivity index is 1.99. The molecule has 0 atom stereocenters. The van der Waals surface area contributed by atoms with Crippen molar-refractivity contribution in [3.05, 3.63) is 65.7 Å². The van der Waals surface area contributed by atoms with Crippen molar-refractivity contribution in [1.82, 2.24) is 5.32 Å². The van der Waals surface area contributed by atoms with Crippen LogP contribution in [0.4, 0.5) is 5.69 Å². The number of hydrogen-bond donors (Lipinski definition) is 4. The van der Waals surface area contributed by atoms with Gasteiger partial charge in [-0.25, -0.2) is 0 Å². The summed E-state index contributed by atoms with van der Waals surface area (Å²) in [6, 6.07) is 16.5. The summed E-state index contributed by atoms with van der Waals surface area (Å²) in [5, 5.41) is 12.6. The molecule has 0 fully saturated rings. The topological polar surface area (TPSA) is 91.0 Å². The van der Waals surface area contributed by atoms with Crippen LogP contribution in [0.15, 0.2) is 54.6 Å². The number of nitrogens with two attached hydrogens (primary N) is 1. The van der Waals surface area contributed by atoms with Gasteiger partial charge in [-0.3, -0.25) is 10.2 Å². The molecule has 1 amide bonds. The van der Waals surface area contributed by atoms with Crippen LogP contribution in [0.1, 0.15) is 15.9 Å². The fourth-order valence-electron chi connectivity index (χ4n) is 1.70. The van der Waals surface area contributed by atoms with Gasteiger partial charge in [-0.05, 0) is 29.8 Å². The standard InChI is InChI=1S/C15H16N4O/c16-15(17)18-10-11-6-8-12(9-7-11)14(20)19-13-4-2-1-3-5-13/h1-9H,10H2,(H,19,20)(H4,16,17,18). The second kappa shape index (κ2) is 6.38. The molecule has 0 aromatic heterocycles. The SMILES string of the molecule is N=C(N)NCc1ccc(C(=O)Nc2ccccc2)cc1. The fraction of sp³-hybridized carbons (Fsp3) is 0.0667. The molecule has 102 valence electrons. The summed E-state index contributed by atoms with van der Waals surface area (Å²) >= 11 is 0. The maximum atomic E-state index is 12.0. The third-order valence-electron chi connectivity index (χ3n) is 2.73. The van der Waals surface area contributed by atoms with E-state index >= 15 is 0 Å². The molecule has 5 nitrogen and oxygen atoms in total. The minimum atomic E-state index is -0.151. The lowest BCUT2D eigenvalue weighted by Crippen LogP contribution is -2.29. The normalized spacial score (nSPS) is 9.80. The average molecular weight is 268 g/mol. The van der Waals surface area contributed by atoms with Crippen LogP contribution in [0.5, 0.6) is 0 Å². The van der Waals surface area contributed by atoms with Crippen LogP contribution in [0, 0.1) is 5.41 Å². The van der Waals surface area contributed by atoms with E-state index in [-0.39, 0.29) is 11.9 Å². The zero-order chi connectivity index (χ0) is 14.4. The number of benzene rings is 2. The second-order valence-electron chi connectivity index (χ2n) is 4.28. The van der Waals surface area contributed by atoms with Crippen molar-refractivity contribution in [2.45, 2.75) is 6.54 Å². The van der Waals surface area contributed by atoms with E-state index in [0.29, 0.717) is 12.1 Å². The predicted molar refractivity (Wildman–Crippen MR) is 79.6 cm³/mol. The quantitative estimate of drug-likeness (QED) is 0.504. The lowest BCUT2D eigenvalue weighted by atomic mass is 10.1. The first-order valence-electron chi connectivity index (χ1n) is 6.18. The van der Waals surface area contributed by atoms with Crippen molar-refractivity contribution in [3.63, 3.8) is 0 Å². The van der Waals surface area contributed by atoms with Gasteiger partial charge in [0.15, 0.2) is 5.96 Å². The van der Waals surface area contributed by atoms with Gasteiger partial charge < -0.3 is 16.4 Å². The molecule has 0 saturated heterocycles. The number of carbonyl (C=O) groups excluding carboxylic acids is 1. The van der Waals surface area contributed by atoms with Gasteiger partial charge in [-0.2, -0.15) is 0 Å². The zero-order valence-electron chi connectivity index (χ0n) is 10.9. The molecule has 2 aromatic carbocycles. The van der Waals surface area contributed by atoms with Gasteiger partial charge in [-0.1, -0.05) is 30.3 Å². The first-order chi connectivity index (χ1) is 9.65. The van der Waals surface area contributed by atoms with Gasteiger partial charge in [0, 0.05) is 17.8 Å². The molecule has 2 rings (SSSR count). The Morgan fingerprint density at radius 2 is 1.70 bits per heavy atom. The zero-order valence-corrected chi connectivity index (χ0v) is 10.9. The van der Waals surface area contributed by atoms with Crippen LogP contribution >= 0.6 is 0 Å². The van der Waals surface area contributed by atoms with Crippen LogP contribution in [-0.4, -0.2) is 11.9 Å². The summed E-state index contributed by atoms with van der Waals surface area (Å²) in [5.74, 6) is -0.224. The number of anilines is 1. The molecule has 0 aliphatic rings. The number of amides is 1. The monoisotopic (exact) mass is 268 g/mol. The molecule has 0 radical (unpaired) electrons. The van der Waals surface area contributed by atoms with Crippen molar-refractivity contribution >= 4 is 17.6 Å². The molecule has 0 unspecified atom stereocenters. The Bertz CT molecular complexity index is 593. The highest BCUT2D eigenvalue weighted by atomic mass is 16.1. The second-order valence-corrected chi connectivity index (χ2v) is 4.28. The Morgan fingerprint density at radius 1 is 1.05 bits per heavy atom. The molecule has 0 spiro atoms.